The van der Waals surface area contributed by atoms with E-state index in [1.807, 2.05) is 30.3 Å². The number of hydrogen-bond donors (Lipinski definition) is 2. The predicted octanol–water partition coefficient (Wildman–Crippen LogP) is 3.53. The molecule has 4 nitrogen and oxygen atoms in total. The van der Waals surface area contributed by atoms with Crippen LogP contribution >= 0.6 is 0 Å². The minimum Gasteiger partial charge on any atom is -0.481 e. The molecule has 3 atom stereocenters. The van der Waals surface area contributed by atoms with Gasteiger partial charge in [-0.1, -0.05) is 42.5 Å². The van der Waals surface area contributed by atoms with E-state index in [9.17, 15) is 14.0 Å². The lowest BCUT2D eigenvalue weighted by molar-refractivity contribution is -0.141. The summed E-state index contributed by atoms with van der Waals surface area (Å²) in [4.78, 5) is 23.8. The Kier molecular flexibility index (Phi) is 5.12. The Bertz CT molecular complexity index is 745. The highest BCUT2D eigenvalue weighted by Crippen LogP contribution is 2.32. The highest BCUT2D eigenvalue weighted by atomic mass is 19.1. The summed E-state index contributed by atoms with van der Waals surface area (Å²) in [5, 5.41) is 12.1. The molecular formula is C20H20FNO3. The fraction of sp³-hybridized carbons (Fsp3) is 0.300. The third-order valence-corrected chi connectivity index (χ3v) is 4.78. The molecule has 1 saturated carbocycles. The second-order valence-electron chi connectivity index (χ2n) is 6.45. The molecule has 2 N–H and O–H groups in total. The van der Waals surface area contributed by atoms with E-state index in [2.05, 4.69) is 5.32 Å². The van der Waals surface area contributed by atoms with Gasteiger partial charge in [0.1, 0.15) is 5.82 Å². The van der Waals surface area contributed by atoms with Crippen LogP contribution in [0.4, 0.5) is 4.39 Å². The van der Waals surface area contributed by atoms with Crippen molar-refractivity contribution in [1.29, 1.82) is 0 Å². The largest absolute Gasteiger partial charge is 0.481 e. The number of rotatable bonds is 5. The van der Waals surface area contributed by atoms with Crippen LogP contribution in [0.2, 0.25) is 0 Å². The van der Waals surface area contributed by atoms with Gasteiger partial charge in [-0.25, -0.2) is 4.39 Å². The first kappa shape index (κ1) is 17.1. The van der Waals surface area contributed by atoms with Crippen LogP contribution in [-0.4, -0.2) is 17.0 Å². The second kappa shape index (κ2) is 7.47. The van der Waals surface area contributed by atoms with Crippen LogP contribution in [0.5, 0.6) is 0 Å². The van der Waals surface area contributed by atoms with E-state index < -0.39 is 17.9 Å². The summed E-state index contributed by atoms with van der Waals surface area (Å²) in [5.74, 6) is -2.07. The summed E-state index contributed by atoms with van der Waals surface area (Å²) in [6.45, 7) is 0. The monoisotopic (exact) mass is 341 g/mol. The molecule has 0 aromatic heterocycles. The smallest absolute Gasteiger partial charge is 0.306 e. The van der Waals surface area contributed by atoms with Gasteiger partial charge in [-0.2, -0.15) is 0 Å². The van der Waals surface area contributed by atoms with Gasteiger partial charge in [0, 0.05) is 5.92 Å². The fourth-order valence-electron chi connectivity index (χ4n) is 3.36. The minimum atomic E-state index is -0.839. The van der Waals surface area contributed by atoms with E-state index in [0.717, 1.165) is 11.1 Å². The molecule has 5 heteroatoms. The molecule has 0 aliphatic heterocycles. The number of nitrogens with one attached hydrogen (secondary N) is 1. The van der Waals surface area contributed by atoms with Crippen LogP contribution in [0.15, 0.2) is 54.6 Å². The molecule has 2 aromatic rings. The summed E-state index contributed by atoms with van der Waals surface area (Å²) in [6, 6.07) is 15.1. The summed E-state index contributed by atoms with van der Waals surface area (Å²) >= 11 is 0. The highest BCUT2D eigenvalue weighted by molar-refractivity contribution is 5.81. The molecule has 1 fully saturated rings. The summed E-state index contributed by atoms with van der Waals surface area (Å²) in [7, 11) is 0. The lowest BCUT2D eigenvalue weighted by Gasteiger charge is -2.22. The Morgan fingerprint density at radius 3 is 2.16 bits per heavy atom. The Labute approximate surface area is 145 Å². The van der Waals surface area contributed by atoms with E-state index >= 15 is 0 Å². The third-order valence-electron chi connectivity index (χ3n) is 4.78. The average Bonchev–Trinajstić information content (AvgIpc) is 3.12. The SMILES string of the molecule is O=C(O)[C@@H]1CC[C@H](C(=O)NC(c2ccccc2)c2ccc(F)cc2)C1. The van der Waals surface area contributed by atoms with E-state index in [0.29, 0.717) is 19.3 Å². The van der Waals surface area contributed by atoms with Gasteiger partial charge in [0.25, 0.3) is 0 Å². The van der Waals surface area contributed by atoms with E-state index in [4.69, 9.17) is 5.11 Å². The Hall–Kier alpha value is -2.69. The van der Waals surface area contributed by atoms with Crippen LogP contribution in [0.1, 0.15) is 36.4 Å². The first-order valence-electron chi connectivity index (χ1n) is 8.38. The van der Waals surface area contributed by atoms with Crippen molar-refractivity contribution in [3.8, 4) is 0 Å². The van der Waals surface area contributed by atoms with E-state index in [1.165, 1.54) is 12.1 Å². The molecule has 2 aromatic carbocycles. The number of carbonyl (C=O) groups excluding carboxylic acids is 1. The fourth-order valence-corrected chi connectivity index (χ4v) is 3.36. The number of hydrogen-bond acceptors (Lipinski definition) is 2. The zero-order chi connectivity index (χ0) is 17.8. The zero-order valence-corrected chi connectivity index (χ0v) is 13.7. The number of carbonyl (C=O) groups is 2. The van der Waals surface area contributed by atoms with Crippen LogP contribution < -0.4 is 5.32 Å². The van der Waals surface area contributed by atoms with Gasteiger partial charge in [0.15, 0.2) is 0 Å². The Morgan fingerprint density at radius 2 is 1.56 bits per heavy atom. The number of carboxylic acids is 1. The average molecular weight is 341 g/mol. The van der Waals surface area contributed by atoms with Crippen LogP contribution in [0, 0.1) is 17.7 Å². The zero-order valence-electron chi connectivity index (χ0n) is 13.7. The standard InChI is InChI=1S/C20H20FNO3/c21-17-10-8-14(9-11-17)18(13-4-2-1-3-5-13)22-19(23)15-6-7-16(12-15)20(24)25/h1-5,8-11,15-16,18H,6-7,12H2,(H,22,23)(H,24,25)/t15-,16+,18?/m0/s1. The van der Waals surface area contributed by atoms with Crippen molar-refractivity contribution in [2.45, 2.75) is 25.3 Å². The van der Waals surface area contributed by atoms with Gasteiger partial charge in [-0.05, 0) is 42.5 Å². The van der Waals surface area contributed by atoms with Crippen molar-refractivity contribution in [2.75, 3.05) is 0 Å². The van der Waals surface area contributed by atoms with Crippen molar-refractivity contribution in [3.05, 3.63) is 71.5 Å². The predicted molar refractivity (Wildman–Crippen MR) is 91.3 cm³/mol. The molecule has 0 saturated heterocycles. The molecule has 0 spiro atoms. The molecule has 0 bridgehead atoms. The highest BCUT2D eigenvalue weighted by Gasteiger charge is 2.34. The summed E-state index contributed by atoms with van der Waals surface area (Å²) < 4.78 is 13.2. The second-order valence-corrected chi connectivity index (χ2v) is 6.45. The van der Waals surface area contributed by atoms with Crippen molar-refractivity contribution in [2.24, 2.45) is 11.8 Å². The van der Waals surface area contributed by atoms with Gasteiger partial charge in [0.2, 0.25) is 5.91 Å². The third kappa shape index (κ3) is 4.05. The quantitative estimate of drug-likeness (QED) is 0.874. The molecule has 1 aliphatic rings. The first-order chi connectivity index (χ1) is 12.0. The number of benzene rings is 2. The van der Waals surface area contributed by atoms with Gasteiger partial charge in [-0.15, -0.1) is 0 Å². The number of carboxylic acid groups (broad SMARTS) is 1. The van der Waals surface area contributed by atoms with Crippen molar-refractivity contribution in [3.63, 3.8) is 0 Å². The van der Waals surface area contributed by atoms with Crippen LogP contribution in [0.25, 0.3) is 0 Å². The molecule has 1 amide bonds. The maximum Gasteiger partial charge on any atom is 0.306 e. The lowest BCUT2D eigenvalue weighted by Crippen LogP contribution is -2.34. The van der Waals surface area contributed by atoms with Crippen LogP contribution in [0.3, 0.4) is 0 Å². The molecule has 25 heavy (non-hydrogen) atoms. The van der Waals surface area contributed by atoms with E-state index in [-0.39, 0.29) is 17.6 Å². The number of halogens is 1. The molecule has 0 radical (unpaired) electrons. The summed E-state index contributed by atoms with van der Waals surface area (Å²) in [5.41, 5.74) is 1.68. The van der Waals surface area contributed by atoms with Gasteiger partial charge in [0.05, 0.1) is 12.0 Å². The Morgan fingerprint density at radius 1 is 0.960 bits per heavy atom. The minimum absolute atomic E-state index is 0.151. The molecule has 3 rings (SSSR count). The molecular weight excluding hydrogens is 321 g/mol. The van der Waals surface area contributed by atoms with Gasteiger partial charge in [-0.3, -0.25) is 9.59 Å². The maximum absolute atomic E-state index is 13.2. The number of aliphatic carboxylic acids is 1. The topological polar surface area (TPSA) is 66.4 Å². The maximum atomic E-state index is 13.2. The molecule has 130 valence electrons. The lowest BCUT2D eigenvalue weighted by atomic mass is 9.97. The Balaban J connectivity index is 1.80. The van der Waals surface area contributed by atoms with Crippen molar-refractivity contribution >= 4 is 11.9 Å². The van der Waals surface area contributed by atoms with Crippen molar-refractivity contribution < 1.29 is 19.1 Å². The molecule has 0 heterocycles. The van der Waals surface area contributed by atoms with E-state index in [1.54, 1.807) is 12.1 Å². The summed E-state index contributed by atoms with van der Waals surface area (Å²) in [6.07, 6.45) is 1.47. The number of amides is 1. The van der Waals surface area contributed by atoms with Gasteiger partial charge >= 0.3 is 5.97 Å². The first-order valence-corrected chi connectivity index (χ1v) is 8.38. The van der Waals surface area contributed by atoms with Crippen molar-refractivity contribution in [1.82, 2.24) is 5.32 Å². The molecule has 1 aliphatic carbocycles. The van der Waals surface area contributed by atoms with Crippen LogP contribution in [-0.2, 0) is 9.59 Å². The normalized spacial score (nSPS) is 20.8. The van der Waals surface area contributed by atoms with Gasteiger partial charge < -0.3 is 10.4 Å². The molecule has 1 unspecified atom stereocenters.